The van der Waals surface area contributed by atoms with Crippen LogP contribution in [-0.2, 0) is 6.42 Å². The smallest absolute Gasteiger partial charge is 0.336 e. The first kappa shape index (κ1) is 14.1. The normalized spacial score (nSPS) is 10.8. The third-order valence-corrected chi connectivity index (χ3v) is 3.64. The predicted molar refractivity (Wildman–Crippen MR) is 84.3 cm³/mol. The summed E-state index contributed by atoms with van der Waals surface area (Å²) >= 11 is 0. The third kappa shape index (κ3) is 2.29. The molecule has 0 radical (unpaired) electrons. The van der Waals surface area contributed by atoms with Gasteiger partial charge in [0.15, 0.2) is 5.43 Å². The number of benzene rings is 2. The first-order chi connectivity index (χ1) is 10.6. The molecule has 1 N–H and O–H groups in total. The van der Waals surface area contributed by atoms with Crippen molar-refractivity contribution in [2.45, 2.75) is 13.3 Å². The SMILES string of the molecule is CCc1cccc2c(=O)cc(-c3ccccc3C(=O)O)oc12. The van der Waals surface area contributed by atoms with Crippen molar-refractivity contribution in [3.63, 3.8) is 0 Å². The lowest BCUT2D eigenvalue weighted by atomic mass is 10.0. The minimum absolute atomic E-state index is 0.110. The van der Waals surface area contributed by atoms with E-state index >= 15 is 0 Å². The Morgan fingerprint density at radius 1 is 1.14 bits per heavy atom. The molecule has 0 atom stereocenters. The number of hydrogen-bond acceptors (Lipinski definition) is 3. The van der Waals surface area contributed by atoms with Crippen LogP contribution in [0.2, 0.25) is 0 Å². The maximum atomic E-state index is 12.3. The number of rotatable bonds is 3. The lowest BCUT2D eigenvalue weighted by molar-refractivity contribution is 0.0697. The molecule has 1 heterocycles. The molecular weight excluding hydrogens is 280 g/mol. The fourth-order valence-corrected chi connectivity index (χ4v) is 2.53. The van der Waals surface area contributed by atoms with Crippen molar-refractivity contribution in [3.05, 3.63) is 69.9 Å². The maximum Gasteiger partial charge on any atom is 0.336 e. The summed E-state index contributed by atoms with van der Waals surface area (Å²) in [6, 6.07) is 13.3. The van der Waals surface area contributed by atoms with E-state index in [0.29, 0.717) is 16.5 Å². The zero-order valence-corrected chi connectivity index (χ0v) is 12.0. The van der Waals surface area contributed by atoms with Crippen LogP contribution in [0.25, 0.3) is 22.3 Å². The Bertz CT molecular complexity index is 922. The van der Waals surface area contributed by atoms with E-state index < -0.39 is 5.97 Å². The number of aromatic carboxylic acids is 1. The van der Waals surface area contributed by atoms with Gasteiger partial charge < -0.3 is 9.52 Å². The molecule has 0 spiro atoms. The summed E-state index contributed by atoms with van der Waals surface area (Å²) in [4.78, 5) is 23.7. The first-order valence-electron chi connectivity index (χ1n) is 7.00. The van der Waals surface area contributed by atoms with Gasteiger partial charge in [-0.1, -0.05) is 37.3 Å². The van der Waals surface area contributed by atoms with Crippen molar-refractivity contribution in [3.8, 4) is 11.3 Å². The van der Waals surface area contributed by atoms with Gasteiger partial charge in [0, 0.05) is 11.6 Å². The van der Waals surface area contributed by atoms with Gasteiger partial charge in [-0.2, -0.15) is 0 Å². The Morgan fingerprint density at radius 3 is 2.64 bits per heavy atom. The number of fused-ring (bicyclic) bond motifs is 1. The highest BCUT2D eigenvalue weighted by Gasteiger charge is 2.15. The van der Waals surface area contributed by atoms with Gasteiger partial charge in [-0.15, -0.1) is 0 Å². The van der Waals surface area contributed by atoms with Crippen molar-refractivity contribution in [1.82, 2.24) is 0 Å². The second-order valence-electron chi connectivity index (χ2n) is 4.97. The van der Waals surface area contributed by atoms with Crippen LogP contribution in [0.5, 0.6) is 0 Å². The van der Waals surface area contributed by atoms with E-state index in [9.17, 15) is 14.7 Å². The number of para-hydroxylation sites is 1. The Balaban J connectivity index is 2.34. The molecule has 0 fully saturated rings. The topological polar surface area (TPSA) is 67.5 Å². The fourth-order valence-electron chi connectivity index (χ4n) is 2.53. The van der Waals surface area contributed by atoms with Crippen molar-refractivity contribution in [2.75, 3.05) is 0 Å². The summed E-state index contributed by atoms with van der Waals surface area (Å²) in [6.07, 6.45) is 0.726. The van der Waals surface area contributed by atoms with Crippen LogP contribution < -0.4 is 5.43 Å². The van der Waals surface area contributed by atoms with Gasteiger partial charge in [-0.3, -0.25) is 4.79 Å². The van der Waals surface area contributed by atoms with E-state index in [2.05, 4.69) is 0 Å². The predicted octanol–water partition coefficient (Wildman–Crippen LogP) is 3.72. The van der Waals surface area contributed by atoms with E-state index in [1.165, 1.54) is 12.1 Å². The van der Waals surface area contributed by atoms with E-state index in [0.717, 1.165) is 12.0 Å². The molecule has 0 saturated carbocycles. The molecule has 0 aliphatic heterocycles. The monoisotopic (exact) mass is 294 g/mol. The highest BCUT2D eigenvalue weighted by Crippen LogP contribution is 2.27. The summed E-state index contributed by atoms with van der Waals surface area (Å²) < 4.78 is 5.88. The molecule has 0 bridgehead atoms. The number of carbonyl (C=O) groups is 1. The van der Waals surface area contributed by atoms with Crippen molar-refractivity contribution >= 4 is 16.9 Å². The number of aryl methyl sites for hydroxylation is 1. The molecule has 0 aliphatic carbocycles. The molecule has 0 aliphatic rings. The Morgan fingerprint density at radius 2 is 1.91 bits per heavy atom. The van der Waals surface area contributed by atoms with Crippen LogP contribution in [0.1, 0.15) is 22.8 Å². The Hall–Kier alpha value is -2.88. The largest absolute Gasteiger partial charge is 0.478 e. The zero-order chi connectivity index (χ0) is 15.7. The molecule has 3 rings (SSSR count). The summed E-state index contributed by atoms with van der Waals surface area (Å²) in [7, 11) is 0. The second-order valence-corrected chi connectivity index (χ2v) is 4.97. The molecule has 2 aromatic carbocycles. The highest BCUT2D eigenvalue weighted by atomic mass is 16.4. The first-order valence-corrected chi connectivity index (χ1v) is 7.00. The zero-order valence-electron chi connectivity index (χ0n) is 12.0. The van der Waals surface area contributed by atoms with Crippen molar-refractivity contribution in [2.24, 2.45) is 0 Å². The average molecular weight is 294 g/mol. The van der Waals surface area contributed by atoms with Gasteiger partial charge in [0.25, 0.3) is 0 Å². The quantitative estimate of drug-likeness (QED) is 0.799. The Labute approximate surface area is 126 Å². The van der Waals surface area contributed by atoms with Gasteiger partial charge in [0.2, 0.25) is 0 Å². The molecule has 0 saturated heterocycles. The maximum absolute atomic E-state index is 12.3. The van der Waals surface area contributed by atoms with Crippen LogP contribution in [-0.4, -0.2) is 11.1 Å². The summed E-state index contributed by atoms with van der Waals surface area (Å²) in [6.45, 7) is 1.98. The molecule has 4 nitrogen and oxygen atoms in total. The van der Waals surface area contributed by atoms with Crippen LogP contribution in [0, 0.1) is 0 Å². The number of hydrogen-bond donors (Lipinski definition) is 1. The van der Waals surface area contributed by atoms with Gasteiger partial charge >= 0.3 is 5.97 Å². The lowest BCUT2D eigenvalue weighted by Crippen LogP contribution is -2.04. The summed E-state index contributed by atoms with van der Waals surface area (Å²) in [5.41, 5.74) is 1.78. The average Bonchev–Trinajstić information content (AvgIpc) is 2.54. The third-order valence-electron chi connectivity index (χ3n) is 3.64. The van der Waals surface area contributed by atoms with Crippen LogP contribution >= 0.6 is 0 Å². The summed E-state index contributed by atoms with van der Waals surface area (Å²) in [5, 5.41) is 9.80. The van der Waals surface area contributed by atoms with E-state index in [1.807, 2.05) is 19.1 Å². The van der Waals surface area contributed by atoms with Crippen LogP contribution in [0.4, 0.5) is 0 Å². The molecule has 0 amide bonds. The standard InChI is InChI=1S/C18H14O4/c1-2-11-6-5-9-14-15(19)10-16(22-17(11)14)12-7-3-4-8-13(12)18(20)21/h3-10H,2H2,1H3,(H,20,21). The minimum Gasteiger partial charge on any atom is -0.478 e. The fraction of sp³-hybridized carbons (Fsp3) is 0.111. The molecule has 4 heteroatoms. The minimum atomic E-state index is -1.05. The molecule has 110 valence electrons. The van der Waals surface area contributed by atoms with E-state index in [1.54, 1.807) is 24.3 Å². The van der Waals surface area contributed by atoms with Gasteiger partial charge in [0.05, 0.1) is 10.9 Å². The van der Waals surface area contributed by atoms with Crippen molar-refractivity contribution in [1.29, 1.82) is 0 Å². The van der Waals surface area contributed by atoms with Gasteiger partial charge in [-0.25, -0.2) is 4.79 Å². The van der Waals surface area contributed by atoms with Gasteiger partial charge in [0.1, 0.15) is 11.3 Å². The number of carboxylic acid groups (broad SMARTS) is 1. The van der Waals surface area contributed by atoms with Crippen molar-refractivity contribution < 1.29 is 14.3 Å². The molecular formula is C18H14O4. The lowest BCUT2D eigenvalue weighted by Gasteiger charge is -2.08. The Kier molecular flexibility index (Phi) is 3.51. The van der Waals surface area contributed by atoms with E-state index in [-0.39, 0.29) is 16.8 Å². The summed E-state index contributed by atoms with van der Waals surface area (Å²) in [5.74, 6) is -0.779. The van der Waals surface area contributed by atoms with Gasteiger partial charge in [-0.05, 0) is 24.1 Å². The molecule has 0 unspecified atom stereocenters. The van der Waals surface area contributed by atoms with Crippen LogP contribution in [0.15, 0.2) is 57.7 Å². The van der Waals surface area contributed by atoms with Crippen LogP contribution in [0.3, 0.4) is 0 Å². The highest BCUT2D eigenvalue weighted by molar-refractivity contribution is 5.95. The molecule has 3 aromatic rings. The second kappa shape index (κ2) is 5.48. The molecule has 22 heavy (non-hydrogen) atoms. The molecule has 1 aromatic heterocycles. The van der Waals surface area contributed by atoms with E-state index in [4.69, 9.17) is 4.42 Å². The number of carboxylic acids is 1.